The van der Waals surface area contributed by atoms with Gasteiger partial charge in [-0.15, -0.1) is 0 Å². The second-order valence-corrected chi connectivity index (χ2v) is 8.91. The molecule has 0 bridgehead atoms. The molecule has 0 spiro atoms. The second-order valence-electron chi connectivity index (χ2n) is 8.91. The van der Waals surface area contributed by atoms with Gasteiger partial charge in [0.1, 0.15) is 0 Å². The molecule has 0 aliphatic heterocycles. The van der Waals surface area contributed by atoms with Crippen molar-refractivity contribution >= 4 is 24.3 Å². The fourth-order valence-corrected chi connectivity index (χ4v) is 3.70. The monoisotopic (exact) mass is 533 g/mol. The summed E-state index contributed by atoms with van der Waals surface area (Å²) in [6.45, 7) is 3.18. The molecule has 202 valence electrons. The van der Waals surface area contributed by atoms with E-state index in [9.17, 15) is 31.4 Å². The number of aliphatic hydroxyl groups excluding tert-OH is 1. The maximum Gasteiger partial charge on any atom is 0.416 e. The predicted molar refractivity (Wildman–Crippen MR) is 140 cm³/mol. The van der Waals surface area contributed by atoms with Crippen molar-refractivity contribution in [1.29, 1.82) is 0 Å². The highest BCUT2D eigenvalue weighted by Gasteiger charge is 2.30. The number of hydrogen-bond donors (Lipinski definition) is 2. The molecule has 1 unspecified atom stereocenters. The van der Waals surface area contributed by atoms with E-state index in [2.05, 4.69) is 12.2 Å². The van der Waals surface area contributed by atoms with E-state index in [0.29, 0.717) is 34.4 Å². The fourth-order valence-electron chi connectivity index (χ4n) is 3.70. The number of hydrogen-bond acceptors (Lipinski definition) is 2. The molecule has 0 aliphatic carbocycles. The molecule has 1 atom stereocenters. The molecule has 3 rings (SSSR count). The van der Waals surface area contributed by atoms with Crippen LogP contribution < -0.4 is 5.32 Å². The molecule has 2 N–H and O–H groups in total. The molecule has 3 aromatic rings. The number of unbranched alkanes of at least 4 members (excludes halogenated alkanes) is 1. The van der Waals surface area contributed by atoms with Gasteiger partial charge >= 0.3 is 12.4 Å². The van der Waals surface area contributed by atoms with Gasteiger partial charge in [-0.1, -0.05) is 61.9 Å². The average Bonchev–Trinajstić information content (AvgIpc) is 2.88. The summed E-state index contributed by atoms with van der Waals surface area (Å²) in [5.41, 5.74) is 1.75. The van der Waals surface area contributed by atoms with Gasteiger partial charge < -0.3 is 10.4 Å². The summed E-state index contributed by atoms with van der Waals surface area (Å²) in [5.74, 6) is 0. The number of rotatable bonds is 10. The molecular weight excluding hydrogens is 504 g/mol. The van der Waals surface area contributed by atoms with Gasteiger partial charge in [-0.3, -0.25) is 0 Å². The van der Waals surface area contributed by atoms with Crippen molar-refractivity contribution in [3.63, 3.8) is 0 Å². The highest BCUT2D eigenvalue weighted by Crippen LogP contribution is 2.30. The Hall–Kier alpha value is -3.36. The van der Waals surface area contributed by atoms with Crippen LogP contribution in [-0.4, -0.2) is 18.2 Å². The number of aliphatic hydroxyl groups is 1. The zero-order valence-electron chi connectivity index (χ0n) is 20.8. The SMILES string of the molecule is CCCCNCC(O)c1cc(/C=C/c2ccc(C(F)(F)F)cc2)cc(/C=C/c2ccc(C(F)(F)F)cc2)c1. The van der Waals surface area contributed by atoms with Gasteiger partial charge in [0.15, 0.2) is 0 Å². The summed E-state index contributed by atoms with van der Waals surface area (Å²) < 4.78 is 77.0. The van der Waals surface area contributed by atoms with E-state index in [0.717, 1.165) is 43.7 Å². The minimum absolute atomic E-state index is 0.341. The number of halogens is 6. The lowest BCUT2D eigenvalue weighted by Crippen LogP contribution is -2.22. The first-order valence-electron chi connectivity index (χ1n) is 12.2. The first-order chi connectivity index (χ1) is 18.0. The topological polar surface area (TPSA) is 32.3 Å². The van der Waals surface area contributed by atoms with Crippen LogP contribution in [0.25, 0.3) is 24.3 Å². The lowest BCUT2D eigenvalue weighted by atomic mass is 9.99. The van der Waals surface area contributed by atoms with E-state index in [1.807, 2.05) is 6.07 Å². The van der Waals surface area contributed by atoms with Crippen LogP contribution in [0.5, 0.6) is 0 Å². The van der Waals surface area contributed by atoms with E-state index in [1.54, 1.807) is 36.4 Å². The Balaban J connectivity index is 1.85. The van der Waals surface area contributed by atoms with Crippen molar-refractivity contribution in [3.8, 4) is 0 Å². The standard InChI is InChI=1S/C30H29F6NO/c1-2-3-16-37-20-28(38)25-18-23(6-4-21-8-12-26(13-9-21)29(31,32)33)17-24(19-25)7-5-22-10-14-27(15-11-22)30(34,35)36/h4-15,17-19,28,37-38H,2-3,16,20H2,1H3/b6-4+,7-5+. The normalized spacial score (nSPS) is 13.5. The summed E-state index contributed by atoms with van der Waals surface area (Å²) in [4.78, 5) is 0. The van der Waals surface area contributed by atoms with Crippen LogP contribution in [0.2, 0.25) is 0 Å². The van der Waals surface area contributed by atoms with Crippen molar-refractivity contribution in [3.05, 3.63) is 106 Å². The summed E-state index contributed by atoms with van der Waals surface area (Å²) in [5, 5.41) is 13.9. The Morgan fingerprint density at radius 2 is 1.11 bits per heavy atom. The molecule has 0 saturated carbocycles. The fraction of sp³-hybridized carbons (Fsp3) is 0.267. The lowest BCUT2D eigenvalue weighted by molar-refractivity contribution is -0.138. The van der Waals surface area contributed by atoms with Crippen LogP contribution in [0.1, 0.15) is 64.8 Å². The highest BCUT2D eigenvalue weighted by molar-refractivity contribution is 5.75. The Bertz CT molecular complexity index is 1140. The summed E-state index contributed by atoms with van der Waals surface area (Å²) in [7, 11) is 0. The van der Waals surface area contributed by atoms with Gasteiger partial charge in [-0.25, -0.2) is 0 Å². The highest BCUT2D eigenvalue weighted by atomic mass is 19.4. The summed E-state index contributed by atoms with van der Waals surface area (Å²) >= 11 is 0. The molecule has 38 heavy (non-hydrogen) atoms. The second kappa shape index (κ2) is 12.9. The van der Waals surface area contributed by atoms with E-state index >= 15 is 0 Å². The molecule has 0 amide bonds. The van der Waals surface area contributed by atoms with E-state index < -0.39 is 29.6 Å². The Morgan fingerprint density at radius 3 is 1.50 bits per heavy atom. The molecule has 0 aliphatic rings. The maximum atomic E-state index is 12.8. The number of nitrogens with one attached hydrogen (secondary N) is 1. The largest absolute Gasteiger partial charge is 0.416 e. The van der Waals surface area contributed by atoms with E-state index in [-0.39, 0.29) is 0 Å². The Morgan fingerprint density at radius 1 is 0.684 bits per heavy atom. The quantitative estimate of drug-likeness (QED) is 0.156. The van der Waals surface area contributed by atoms with Crippen molar-refractivity contribution in [2.75, 3.05) is 13.1 Å². The smallest absolute Gasteiger partial charge is 0.387 e. The maximum absolute atomic E-state index is 12.8. The molecular formula is C30H29F6NO. The molecule has 0 aromatic heterocycles. The van der Waals surface area contributed by atoms with E-state index in [4.69, 9.17) is 0 Å². The van der Waals surface area contributed by atoms with Crippen LogP contribution >= 0.6 is 0 Å². The average molecular weight is 534 g/mol. The third kappa shape index (κ3) is 8.89. The van der Waals surface area contributed by atoms with Crippen LogP contribution in [0, 0.1) is 0 Å². The van der Waals surface area contributed by atoms with E-state index in [1.165, 1.54) is 24.3 Å². The lowest BCUT2D eigenvalue weighted by Gasteiger charge is -2.14. The summed E-state index contributed by atoms with van der Waals surface area (Å²) in [6, 6.07) is 15.0. The van der Waals surface area contributed by atoms with Crippen molar-refractivity contribution in [2.24, 2.45) is 0 Å². The molecule has 0 heterocycles. The Labute approximate surface area is 218 Å². The van der Waals surface area contributed by atoms with Gasteiger partial charge in [0.25, 0.3) is 0 Å². The van der Waals surface area contributed by atoms with Crippen molar-refractivity contribution in [1.82, 2.24) is 5.32 Å². The molecule has 0 radical (unpaired) electrons. The van der Waals surface area contributed by atoms with Crippen molar-refractivity contribution in [2.45, 2.75) is 38.2 Å². The zero-order valence-corrected chi connectivity index (χ0v) is 20.8. The molecule has 8 heteroatoms. The first-order valence-corrected chi connectivity index (χ1v) is 12.2. The third-order valence-corrected chi connectivity index (χ3v) is 5.84. The van der Waals surface area contributed by atoms with Crippen molar-refractivity contribution < 1.29 is 31.4 Å². The van der Waals surface area contributed by atoms with Crippen LogP contribution in [0.4, 0.5) is 26.3 Å². The predicted octanol–water partition coefficient (Wildman–Crippen LogP) is 8.49. The zero-order chi connectivity index (χ0) is 27.8. The number of alkyl halides is 6. The molecule has 3 aromatic carbocycles. The van der Waals surface area contributed by atoms with Gasteiger partial charge in [0.2, 0.25) is 0 Å². The van der Waals surface area contributed by atoms with Crippen LogP contribution in [0.3, 0.4) is 0 Å². The van der Waals surface area contributed by atoms with Gasteiger partial charge in [0.05, 0.1) is 17.2 Å². The molecule has 2 nitrogen and oxygen atoms in total. The minimum atomic E-state index is -4.41. The third-order valence-electron chi connectivity index (χ3n) is 5.84. The summed E-state index contributed by atoms with van der Waals surface area (Å²) in [6.07, 6.45) is -0.806. The van der Waals surface area contributed by atoms with Gasteiger partial charge in [-0.05, 0) is 83.2 Å². The molecule has 0 fully saturated rings. The van der Waals surface area contributed by atoms with Crippen LogP contribution in [0.15, 0.2) is 66.7 Å². The van der Waals surface area contributed by atoms with Crippen LogP contribution in [-0.2, 0) is 12.4 Å². The molecule has 0 saturated heterocycles. The Kier molecular flexibility index (Phi) is 9.94. The number of benzene rings is 3. The van der Waals surface area contributed by atoms with Gasteiger partial charge in [0, 0.05) is 6.54 Å². The van der Waals surface area contributed by atoms with Gasteiger partial charge in [-0.2, -0.15) is 26.3 Å². The minimum Gasteiger partial charge on any atom is -0.387 e. The first kappa shape index (κ1) is 29.2.